The van der Waals surface area contributed by atoms with Crippen LogP contribution in [0.25, 0.3) is 0 Å². The third kappa shape index (κ3) is 5.17. The summed E-state index contributed by atoms with van der Waals surface area (Å²) in [4.78, 5) is 15.9. The third-order valence-corrected chi connectivity index (χ3v) is 6.37. The van der Waals surface area contributed by atoms with Crippen LogP contribution in [0.2, 0.25) is 0 Å². The number of hydrogen-bond acceptors (Lipinski definition) is 4. The van der Waals surface area contributed by atoms with E-state index in [9.17, 15) is 0 Å². The normalized spacial score (nSPS) is 22.1. The molecule has 140 valence electrons. The molecule has 2 fully saturated rings. The molecule has 1 N–H and O–H groups in total. The van der Waals surface area contributed by atoms with Crippen molar-refractivity contribution in [3.8, 4) is 0 Å². The second kappa shape index (κ2) is 8.99. The fourth-order valence-corrected chi connectivity index (χ4v) is 4.92. The molecule has 0 amide bonds. The van der Waals surface area contributed by atoms with Gasteiger partial charge in [-0.2, -0.15) is 0 Å². The van der Waals surface area contributed by atoms with Crippen molar-refractivity contribution >= 4 is 17.3 Å². The fraction of sp³-hybridized carbons (Fsp3) is 0.789. The topological polar surface area (TPSA) is 43.8 Å². The highest BCUT2D eigenvalue weighted by Gasteiger charge is 2.27. The van der Waals surface area contributed by atoms with Crippen LogP contribution in [0.5, 0.6) is 0 Å². The van der Waals surface area contributed by atoms with E-state index in [4.69, 9.17) is 4.99 Å². The summed E-state index contributed by atoms with van der Waals surface area (Å²) >= 11 is 1.81. The molecule has 5 nitrogen and oxygen atoms in total. The lowest BCUT2D eigenvalue weighted by molar-refractivity contribution is 0.281. The summed E-state index contributed by atoms with van der Waals surface area (Å²) < 4.78 is 0. The van der Waals surface area contributed by atoms with Gasteiger partial charge in [0.2, 0.25) is 0 Å². The SMILES string of the molecule is CCNC(=NCCc1sc(C)nc1C)N1CCC(CN2CCCC2)C1. The Kier molecular flexibility index (Phi) is 6.70. The van der Waals surface area contributed by atoms with Crippen molar-refractivity contribution in [1.82, 2.24) is 20.1 Å². The largest absolute Gasteiger partial charge is 0.357 e. The molecule has 0 aliphatic carbocycles. The van der Waals surface area contributed by atoms with Crippen LogP contribution in [0.3, 0.4) is 0 Å². The van der Waals surface area contributed by atoms with E-state index >= 15 is 0 Å². The number of aliphatic imine (C=N–C) groups is 1. The molecule has 0 radical (unpaired) electrons. The van der Waals surface area contributed by atoms with Gasteiger partial charge < -0.3 is 15.1 Å². The number of likely N-dealkylation sites (tertiary alicyclic amines) is 2. The molecular weight excluding hydrogens is 330 g/mol. The first-order chi connectivity index (χ1) is 12.2. The zero-order valence-corrected chi connectivity index (χ0v) is 16.9. The molecule has 2 aliphatic heterocycles. The third-order valence-electron chi connectivity index (χ3n) is 5.24. The minimum atomic E-state index is 0.799. The summed E-state index contributed by atoms with van der Waals surface area (Å²) in [5, 5.41) is 4.65. The second-order valence-corrected chi connectivity index (χ2v) is 8.62. The molecule has 0 aromatic carbocycles. The lowest BCUT2D eigenvalue weighted by atomic mass is 10.1. The summed E-state index contributed by atoms with van der Waals surface area (Å²) in [5.74, 6) is 1.90. The number of thiazole rings is 1. The highest BCUT2D eigenvalue weighted by Crippen LogP contribution is 2.20. The molecule has 1 unspecified atom stereocenters. The van der Waals surface area contributed by atoms with Gasteiger partial charge in [0, 0.05) is 44.0 Å². The maximum atomic E-state index is 4.90. The van der Waals surface area contributed by atoms with Crippen molar-refractivity contribution in [2.75, 3.05) is 45.8 Å². The van der Waals surface area contributed by atoms with Crippen LogP contribution in [-0.4, -0.2) is 66.6 Å². The van der Waals surface area contributed by atoms with E-state index in [2.05, 4.69) is 40.9 Å². The summed E-state index contributed by atoms with van der Waals surface area (Å²) in [7, 11) is 0. The Hall–Kier alpha value is -1.14. The van der Waals surface area contributed by atoms with Crippen LogP contribution in [0, 0.1) is 19.8 Å². The standard InChI is InChI=1S/C19H33N5S/c1-4-20-19(21-9-7-18-15(2)22-16(3)25-18)24-12-8-17(14-24)13-23-10-5-6-11-23/h17H,4-14H2,1-3H3,(H,20,21). The van der Waals surface area contributed by atoms with Crippen molar-refractivity contribution in [3.05, 3.63) is 15.6 Å². The smallest absolute Gasteiger partial charge is 0.193 e. The Morgan fingerprint density at radius 2 is 2.08 bits per heavy atom. The second-order valence-electron chi connectivity index (χ2n) is 7.34. The Bertz CT molecular complexity index is 576. The molecule has 0 bridgehead atoms. The Morgan fingerprint density at radius 3 is 2.76 bits per heavy atom. The Labute approximate surface area is 156 Å². The van der Waals surface area contributed by atoms with Gasteiger partial charge in [0.15, 0.2) is 5.96 Å². The Morgan fingerprint density at radius 1 is 1.28 bits per heavy atom. The van der Waals surface area contributed by atoms with Gasteiger partial charge in [-0.25, -0.2) is 4.98 Å². The van der Waals surface area contributed by atoms with Gasteiger partial charge in [0.25, 0.3) is 0 Å². The lowest BCUT2D eigenvalue weighted by Gasteiger charge is -2.23. The molecule has 2 aliphatic rings. The summed E-state index contributed by atoms with van der Waals surface area (Å²) in [6.07, 6.45) is 5.07. The number of rotatable bonds is 6. The van der Waals surface area contributed by atoms with E-state index in [0.29, 0.717) is 0 Å². The van der Waals surface area contributed by atoms with Gasteiger partial charge in [-0.1, -0.05) is 0 Å². The summed E-state index contributed by atoms with van der Waals surface area (Å²) in [5.41, 5.74) is 1.18. The molecule has 25 heavy (non-hydrogen) atoms. The zero-order chi connectivity index (χ0) is 17.6. The van der Waals surface area contributed by atoms with E-state index in [0.717, 1.165) is 49.5 Å². The first-order valence-corrected chi connectivity index (χ1v) is 10.7. The number of aromatic nitrogens is 1. The van der Waals surface area contributed by atoms with E-state index in [1.54, 1.807) is 0 Å². The van der Waals surface area contributed by atoms with Gasteiger partial charge in [-0.05, 0) is 59.0 Å². The molecule has 1 aromatic rings. The fourth-order valence-electron chi connectivity index (χ4n) is 4.00. The van der Waals surface area contributed by atoms with Crippen molar-refractivity contribution < 1.29 is 0 Å². The lowest BCUT2D eigenvalue weighted by Crippen LogP contribution is -2.41. The molecule has 6 heteroatoms. The molecule has 0 spiro atoms. The van der Waals surface area contributed by atoms with Crippen molar-refractivity contribution in [1.29, 1.82) is 0 Å². The highest BCUT2D eigenvalue weighted by atomic mass is 32.1. The van der Waals surface area contributed by atoms with Crippen molar-refractivity contribution in [3.63, 3.8) is 0 Å². The molecule has 1 atom stereocenters. The molecule has 3 rings (SSSR count). The molecule has 0 saturated carbocycles. The van der Waals surface area contributed by atoms with Gasteiger partial charge in [0.05, 0.1) is 10.7 Å². The van der Waals surface area contributed by atoms with E-state index in [-0.39, 0.29) is 0 Å². The average Bonchev–Trinajstić information content (AvgIpc) is 3.30. The molecule has 1 aromatic heterocycles. The van der Waals surface area contributed by atoms with Gasteiger partial charge in [-0.3, -0.25) is 4.99 Å². The van der Waals surface area contributed by atoms with Crippen LogP contribution in [0.1, 0.15) is 41.8 Å². The maximum Gasteiger partial charge on any atom is 0.193 e. The van der Waals surface area contributed by atoms with E-state index < -0.39 is 0 Å². The summed E-state index contributed by atoms with van der Waals surface area (Å²) in [6.45, 7) is 14.3. The monoisotopic (exact) mass is 363 g/mol. The predicted molar refractivity (Wildman–Crippen MR) is 107 cm³/mol. The minimum Gasteiger partial charge on any atom is -0.357 e. The first-order valence-electron chi connectivity index (χ1n) is 9.84. The quantitative estimate of drug-likeness (QED) is 0.623. The van der Waals surface area contributed by atoms with E-state index in [1.807, 2.05) is 11.3 Å². The van der Waals surface area contributed by atoms with Crippen LogP contribution in [0.15, 0.2) is 4.99 Å². The summed E-state index contributed by atoms with van der Waals surface area (Å²) in [6, 6.07) is 0. The number of nitrogens with one attached hydrogen (secondary N) is 1. The molecule has 2 saturated heterocycles. The van der Waals surface area contributed by atoms with Crippen molar-refractivity contribution in [2.45, 2.75) is 46.5 Å². The zero-order valence-electron chi connectivity index (χ0n) is 16.1. The Balaban J connectivity index is 1.52. The number of guanidine groups is 1. The first kappa shape index (κ1) is 18.6. The van der Waals surface area contributed by atoms with Gasteiger partial charge in [0.1, 0.15) is 0 Å². The maximum absolute atomic E-state index is 4.90. The van der Waals surface area contributed by atoms with Crippen LogP contribution >= 0.6 is 11.3 Å². The average molecular weight is 364 g/mol. The number of nitrogens with zero attached hydrogens (tertiary/aromatic N) is 4. The van der Waals surface area contributed by atoms with Crippen molar-refractivity contribution in [2.24, 2.45) is 10.9 Å². The van der Waals surface area contributed by atoms with Crippen LogP contribution in [0.4, 0.5) is 0 Å². The van der Waals surface area contributed by atoms with Gasteiger partial charge in [-0.15, -0.1) is 11.3 Å². The van der Waals surface area contributed by atoms with Crippen LogP contribution in [-0.2, 0) is 6.42 Å². The van der Waals surface area contributed by atoms with Gasteiger partial charge >= 0.3 is 0 Å². The predicted octanol–water partition coefficient (Wildman–Crippen LogP) is 2.69. The van der Waals surface area contributed by atoms with E-state index in [1.165, 1.54) is 49.5 Å². The molecular formula is C19H33N5S. The minimum absolute atomic E-state index is 0.799. The molecule has 3 heterocycles. The number of hydrogen-bond donors (Lipinski definition) is 1. The van der Waals surface area contributed by atoms with Crippen LogP contribution < -0.4 is 5.32 Å². The highest BCUT2D eigenvalue weighted by molar-refractivity contribution is 7.11. The number of aryl methyl sites for hydroxylation is 2.